The standard InChI is InChI=1S/C23H16N12OS/c1-33-9-15(5-6-18(33)36)19-20(14-4-2-3-13(7-14)8-24)28-23(25)35-22(19)27-17(30-35)10-34-21(29-31-32-34)16-11-37-12-26-16/h2-7,9,11-12H,10H2,1H3,(H2,25,28). The lowest BCUT2D eigenvalue weighted by Gasteiger charge is -2.13. The maximum atomic E-state index is 12.1. The Balaban J connectivity index is 1.56. The van der Waals surface area contributed by atoms with Gasteiger partial charge in [0.1, 0.15) is 12.2 Å². The second-order valence-corrected chi connectivity index (χ2v) is 8.77. The Hall–Kier alpha value is -5.29. The minimum absolute atomic E-state index is 0.108. The molecule has 0 aliphatic rings. The zero-order valence-electron chi connectivity index (χ0n) is 19.2. The molecule has 0 aliphatic heterocycles. The number of aromatic nitrogens is 10. The van der Waals surface area contributed by atoms with Crippen LogP contribution in [0.15, 0.2) is 58.3 Å². The predicted octanol–water partition coefficient (Wildman–Crippen LogP) is 1.77. The van der Waals surface area contributed by atoms with Crippen LogP contribution in [0.1, 0.15) is 11.4 Å². The average molecular weight is 509 g/mol. The molecule has 0 amide bonds. The third-order valence-electron chi connectivity index (χ3n) is 5.68. The van der Waals surface area contributed by atoms with Crippen LogP contribution in [0.3, 0.4) is 0 Å². The van der Waals surface area contributed by atoms with Crippen LogP contribution in [0.4, 0.5) is 5.95 Å². The summed E-state index contributed by atoms with van der Waals surface area (Å²) in [5, 5.41) is 27.7. The van der Waals surface area contributed by atoms with Crippen molar-refractivity contribution < 1.29 is 0 Å². The molecule has 0 aliphatic carbocycles. The van der Waals surface area contributed by atoms with E-state index in [1.54, 1.807) is 47.7 Å². The number of tetrazole rings is 1. The summed E-state index contributed by atoms with van der Waals surface area (Å²) in [7, 11) is 1.66. The van der Waals surface area contributed by atoms with E-state index in [0.29, 0.717) is 50.9 Å². The van der Waals surface area contributed by atoms with E-state index in [1.807, 2.05) is 11.4 Å². The van der Waals surface area contributed by atoms with E-state index in [9.17, 15) is 10.1 Å². The molecule has 0 bridgehead atoms. The lowest BCUT2D eigenvalue weighted by Crippen LogP contribution is -2.14. The number of nitrogens with zero attached hydrogens (tertiary/aromatic N) is 11. The van der Waals surface area contributed by atoms with E-state index < -0.39 is 0 Å². The fourth-order valence-electron chi connectivity index (χ4n) is 3.97. The molecule has 180 valence electrons. The topological polar surface area (TPSA) is 171 Å². The monoisotopic (exact) mass is 508 g/mol. The van der Waals surface area contributed by atoms with Gasteiger partial charge in [-0.3, -0.25) is 4.79 Å². The maximum Gasteiger partial charge on any atom is 0.250 e. The van der Waals surface area contributed by atoms with E-state index in [1.165, 1.54) is 26.5 Å². The summed E-state index contributed by atoms with van der Waals surface area (Å²) < 4.78 is 4.47. The van der Waals surface area contributed by atoms with Crippen LogP contribution >= 0.6 is 11.3 Å². The summed E-state index contributed by atoms with van der Waals surface area (Å²) in [5.41, 5.74) is 11.9. The van der Waals surface area contributed by atoms with Crippen molar-refractivity contribution in [2.75, 3.05) is 5.73 Å². The van der Waals surface area contributed by atoms with Crippen LogP contribution in [0.2, 0.25) is 0 Å². The molecule has 14 heteroatoms. The molecule has 6 rings (SSSR count). The average Bonchev–Trinajstić information content (AvgIpc) is 3.67. The highest BCUT2D eigenvalue weighted by Crippen LogP contribution is 2.34. The van der Waals surface area contributed by atoms with Crippen molar-refractivity contribution in [3.05, 3.63) is 75.2 Å². The highest BCUT2D eigenvalue weighted by Gasteiger charge is 2.22. The number of fused-ring (bicyclic) bond motifs is 1. The first-order valence-corrected chi connectivity index (χ1v) is 11.8. The summed E-state index contributed by atoms with van der Waals surface area (Å²) in [6, 6.07) is 12.4. The van der Waals surface area contributed by atoms with Crippen LogP contribution < -0.4 is 11.3 Å². The van der Waals surface area contributed by atoms with Crippen molar-refractivity contribution in [2.24, 2.45) is 7.05 Å². The molecule has 6 aromatic rings. The summed E-state index contributed by atoms with van der Waals surface area (Å²) >= 11 is 1.44. The first-order valence-electron chi connectivity index (χ1n) is 10.9. The van der Waals surface area contributed by atoms with Gasteiger partial charge in [0.15, 0.2) is 11.5 Å². The molecule has 2 N–H and O–H groups in total. The lowest BCUT2D eigenvalue weighted by atomic mass is 10.00. The molecule has 5 heterocycles. The Bertz CT molecular complexity index is 1880. The molecule has 0 unspecified atom stereocenters. The van der Waals surface area contributed by atoms with Crippen molar-refractivity contribution in [2.45, 2.75) is 6.54 Å². The van der Waals surface area contributed by atoms with Crippen molar-refractivity contribution in [1.82, 2.24) is 49.3 Å². The molecule has 0 fully saturated rings. The molecule has 0 atom stereocenters. The largest absolute Gasteiger partial charge is 0.368 e. The van der Waals surface area contributed by atoms with Crippen molar-refractivity contribution in [1.29, 1.82) is 5.26 Å². The Morgan fingerprint density at radius 1 is 1.16 bits per heavy atom. The first-order chi connectivity index (χ1) is 18.0. The highest BCUT2D eigenvalue weighted by atomic mass is 32.1. The smallest absolute Gasteiger partial charge is 0.250 e. The fraction of sp³-hybridized carbons (Fsp3) is 0.0870. The Labute approximate surface area is 212 Å². The molecule has 1 aromatic carbocycles. The molecule has 0 saturated carbocycles. The maximum absolute atomic E-state index is 12.1. The third-order valence-corrected chi connectivity index (χ3v) is 6.27. The number of aryl methyl sites for hydroxylation is 1. The van der Waals surface area contributed by atoms with E-state index >= 15 is 0 Å². The molecular formula is C23H16N12OS. The second kappa shape index (κ2) is 8.73. The summed E-state index contributed by atoms with van der Waals surface area (Å²) in [5.74, 6) is 0.987. The molecule has 0 saturated heterocycles. The molecular weight excluding hydrogens is 492 g/mol. The van der Waals surface area contributed by atoms with Gasteiger partial charge in [-0.15, -0.1) is 21.5 Å². The van der Waals surface area contributed by atoms with Crippen LogP contribution in [0.25, 0.3) is 39.5 Å². The Morgan fingerprint density at radius 3 is 2.84 bits per heavy atom. The number of hydrogen-bond donors (Lipinski definition) is 1. The number of nitriles is 1. The lowest BCUT2D eigenvalue weighted by molar-refractivity contribution is 0.627. The summed E-state index contributed by atoms with van der Waals surface area (Å²) in [6.07, 6.45) is 1.70. The van der Waals surface area contributed by atoms with Gasteiger partial charge >= 0.3 is 0 Å². The van der Waals surface area contributed by atoms with Crippen molar-refractivity contribution >= 4 is 22.9 Å². The van der Waals surface area contributed by atoms with Crippen LogP contribution in [0.5, 0.6) is 0 Å². The number of thiazole rings is 1. The Morgan fingerprint density at radius 2 is 2.05 bits per heavy atom. The van der Waals surface area contributed by atoms with Gasteiger partial charge in [0.05, 0.1) is 28.4 Å². The van der Waals surface area contributed by atoms with Crippen LogP contribution in [-0.4, -0.2) is 49.3 Å². The third kappa shape index (κ3) is 3.89. The number of rotatable bonds is 5. The van der Waals surface area contributed by atoms with Crippen molar-refractivity contribution in [3.63, 3.8) is 0 Å². The zero-order chi connectivity index (χ0) is 25.5. The normalized spacial score (nSPS) is 11.1. The van der Waals surface area contributed by atoms with Crippen molar-refractivity contribution in [3.8, 4) is 40.0 Å². The van der Waals surface area contributed by atoms with Gasteiger partial charge in [-0.25, -0.2) is 19.6 Å². The fourth-order valence-corrected chi connectivity index (χ4v) is 4.50. The highest BCUT2D eigenvalue weighted by molar-refractivity contribution is 7.07. The molecule has 13 nitrogen and oxygen atoms in total. The Kier molecular flexibility index (Phi) is 5.24. The second-order valence-electron chi connectivity index (χ2n) is 8.05. The van der Waals surface area contributed by atoms with E-state index in [-0.39, 0.29) is 18.1 Å². The number of benzene rings is 1. The van der Waals surface area contributed by atoms with Gasteiger partial charge in [0, 0.05) is 35.8 Å². The van der Waals surface area contributed by atoms with Gasteiger partial charge in [0.25, 0.3) is 0 Å². The predicted molar refractivity (Wildman–Crippen MR) is 134 cm³/mol. The van der Waals surface area contributed by atoms with Crippen LogP contribution in [0, 0.1) is 11.3 Å². The minimum atomic E-state index is -0.161. The number of pyridine rings is 1. The van der Waals surface area contributed by atoms with Gasteiger partial charge in [-0.1, -0.05) is 12.1 Å². The number of nitrogens with two attached hydrogens (primary N) is 1. The quantitative estimate of drug-likeness (QED) is 0.362. The summed E-state index contributed by atoms with van der Waals surface area (Å²) in [4.78, 5) is 25.8. The molecule has 0 radical (unpaired) electrons. The van der Waals surface area contributed by atoms with E-state index in [4.69, 9.17) is 10.7 Å². The molecule has 37 heavy (non-hydrogen) atoms. The van der Waals surface area contributed by atoms with E-state index in [2.05, 4.69) is 36.7 Å². The SMILES string of the molecule is Cn1cc(-c2c(-c3cccc(C#N)c3)nc(N)n3nc(Cn4nnnc4-c4cscn4)nc23)ccc1=O. The van der Waals surface area contributed by atoms with E-state index in [0.717, 1.165) is 0 Å². The van der Waals surface area contributed by atoms with Gasteiger partial charge < -0.3 is 10.3 Å². The van der Waals surface area contributed by atoms with Gasteiger partial charge in [0.2, 0.25) is 17.3 Å². The number of anilines is 1. The summed E-state index contributed by atoms with van der Waals surface area (Å²) in [6.45, 7) is 0.160. The first kappa shape index (κ1) is 22.2. The minimum Gasteiger partial charge on any atom is -0.368 e. The number of nitrogen functional groups attached to an aromatic ring is 1. The van der Waals surface area contributed by atoms with Gasteiger partial charge in [-0.2, -0.15) is 9.78 Å². The van der Waals surface area contributed by atoms with Crippen LogP contribution in [-0.2, 0) is 13.6 Å². The zero-order valence-corrected chi connectivity index (χ0v) is 20.0. The number of hydrogen-bond acceptors (Lipinski definition) is 11. The molecule has 0 spiro atoms. The molecule has 5 aromatic heterocycles. The van der Waals surface area contributed by atoms with Gasteiger partial charge in [-0.05, 0) is 28.6 Å².